The van der Waals surface area contributed by atoms with Gasteiger partial charge in [-0.25, -0.2) is 0 Å². The molecule has 0 rings (SSSR count). The molecule has 0 aliphatic rings. The minimum Gasteiger partial charge on any atom is -0.852 e. The van der Waals surface area contributed by atoms with E-state index in [0.29, 0.717) is 11.8 Å². The predicted molar refractivity (Wildman–Crippen MR) is 108 cm³/mol. The largest absolute Gasteiger partial charge is 2.00 e. The van der Waals surface area contributed by atoms with Crippen LogP contribution in [0.3, 0.4) is 0 Å². The van der Waals surface area contributed by atoms with Gasteiger partial charge in [0.1, 0.15) is 0 Å². The van der Waals surface area contributed by atoms with Crippen molar-refractivity contribution in [2.24, 2.45) is 17.6 Å². The van der Waals surface area contributed by atoms with E-state index in [0.717, 1.165) is 25.9 Å². The minimum absolute atomic E-state index is 0. The van der Waals surface area contributed by atoms with Crippen molar-refractivity contribution in [2.45, 2.75) is 79.1 Å². The van der Waals surface area contributed by atoms with Crippen LogP contribution in [0.1, 0.15) is 79.1 Å². The van der Waals surface area contributed by atoms with Crippen LogP contribution < -0.4 is 15.9 Å². The number of nitrogens with two attached hydrogens (primary N) is 1. The molecular formula is C18H36CuN2O2S2. The standard InChI is InChI=1S/C17H35NOS.CH3NOS.Cu/c1-5-9-11-15(7-3)13-18(17(19)20)14-16(8-4)12-10-6-2;2-1(3)4;/h15-16H,5-14H2,1-4H3,(H,19,20);(H3,2,3,4);/q;;+2/p-2. The Morgan fingerprint density at radius 1 is 0.880 bits per heavy atom. The predicted octanol–water partition coefficient (Wildman–Crippen LogP) is 2.95. The van der Waals surface area contributed by atoms with Gasteiger partial charge in [-0.15, -0.1) is 0 Å². The Morgan fingerprint density at radius 3 is 1.40 bits per heavy atom. The van der Waals surface area contributed by atoms with Gasteiger partial charge in [0.05, 0.1) is 0 Å². The first-order chi connectivity index (χ1) is 11.3. The van der Waals surface area contributed by atoms with E-state index in [9.17, 15) is 5.11 Å². The molecule has 2 unspecified atom stereocenters. The fraction of sp³-hybridized carbons (Fsp3) is 0.889. The average Bonchev–Trinajstić information content (AvgIpc) is 2.52. The summed E-state index contributed by atoms with van der Waals surface area (Å²) in [6.45, 7) is 10.6. The molecule has 2 atom stereocenters. The van der Waals surface area contributed by atoms with E-state index in [1.165, 1.54) is 38.5 Å². The summed E-state index contributed by atoms with van der Waals surface area (Å²) in [5.74, 6) is 1.23. The van der Waals surface area contributed by atoms with E-state index in [1.54, 1.807) is 0 Å². The Bertz CT molecular complexity index is 312. The third-order valence-corrected chi connectivity index (χ3v) is 4.56. The second-order valence-electron chi connectivity index (χ2n) is 6.32. The van der Waals surface area contributed by atoms with Crippen LogP contribution in [0.5, 0.6) is 0 Å². The Kier molecular flexibility index (Phi) is 24.0. The van der Waals surface area contributed by atoms with Crippen molar-refractivity contribution in [3.05, 3.63) is 0 Å². The quantitative estimate of drug-likeness (QED) is 0.372. The van der Waals surface area contributed by atoms with E-state index in [4.69, 9.17) is 17.3 Å². The van der Waals surface area contributed by atoms with Gasteiger partial charge < -0.3 is 20.8 Å². The maximum Gasteiger partial charge on any atom is 2.00 e. The topological polar surface area (TPSA) is 75.4 Å². The van der Waals surface area contributed by atoms with Crippen LogP contribution in [-0.2, 0) is 17.1 Å². The number of unbranched alkanes of at least 4 members (excludes halogenated alkanes) is 2. The molecule has 25 heavy (non-hydrogen) atoms. The van der Waals surface area contributed by atoms with E-state index < -0.39 is 5.17 Å². The summed E-state index contributed by atoms with van der Waals surface area (Å²) in [6.07, 6.45) is 9.69. The van der Waals surface area contributed by atoms with Crippen molar-refractivity contribution in [1.29, 1.82) is 0 Å². The van der Waals surface area contributed by atoms with Gasteiger partial charge in [-0.05, 0) is 24.7 Å². The summed E-state index contributed by atoms with van der Waals surface area (Å²) in [6, 6.07) is 0. The molecule has 0 saturated heterocycles. The molecule has 2 N–H and O–H groups in total. The maximum absolute atomic E-state index is 11.7. The Morgan fingerprint density at radius 2 is 1.20 bits per heavy atom. The summed E-state index contributed by atoms with van der Waals surface area (Å²) >= 11 is 8.70. The van der Waals surface area contributed by atoms with Gasteiger partial charge >= 0.3 is 17.1 Å². The molecule has 0 amide bonds. The second kappa shape index (κ2) is 20.2. The maximum atomic E-state index is 11.7. The molecule has 0 aliphatic heterocycles. The molecule has 0 aliphatic carbocycles. The molecule has 0 fully saturated rings. The van der Waals surface area contributed by atoms with Crippen molar-refractivity contribution < 1.29 is 27.3 Å². The first-order valence-electron chi connectivity index (χ1n) is 9.24. The minimum atomic E-state index is -0.750. The monoisotopic (exact) mass is 439 g/mol. The fourth-order valence-electron chi connectivity index (χ4n) is 2.68. The first kappa shape index (κ1) is 29.7. The fourth-order valence-corrected chi connectivity index (χ4v) is 2.83. The van der Waals surface area contributed by atoms with Crippen LogP contribution in [0, 0.1) is 11.8 Å². The molecule has 0 spiro atoms. The van der Waals surface area contributed by atoms with Crippen molar-refractivity contribution in [3.63, 3.8) is 0 Å². The van der Waals surface area contributed by atoms with Gasteiger partial charge in [-0.1, -0.05) is 90.7 Å². The van der Waals surface area contributed by atoms with Gasteiger partial charge in [0, 0.05) is 23.4 Å². The molecule has 1 radical (unpaired) electrons. The zero-order chi connectivity index (χ0) is 19.0. The third kappa shape index (κ3) is 20.1. The van der Waals surface area contributed by atoms with Crippen LogP contribution in [0.25, 0.3) is 0 Å². The van der Waals surface area contributed by atoms with Crippen LogP contribution in [0.4, 0.5) is 0 Å². The Labute approximate surface area is 176 Å². The van der Waals surface area contributed by atoms with E-state index in [-0.39, 0.29) is 22.2 Å². The molecule has 0 bridgehead atoms. The SMILES string of the molecule is CCCCC(CC)CN(CC(CC)CCCC)C([O-])=S.NC([O-])=S.[Cu+2]. The van der Waals surface area contributed by atoms with Gasteiger partial charge in [-0.2, -0.15) is 0 Å². The summed E-state index contributed by atoms with van der Waals surface area (Å²) < 4.78 is 0. The third-order valence-electron chi connectivity index (χ3n) is 4.30. The molecule has 0 aromatic heterocycles. The molecule has 153 valence electrons. The van der Waals surface area contributed by atoms with Crippen LogP contribution in [0.15, 0.2) is 0 Å². The zero-order valence-corrected chi connectivity index (χ0v) is 18.8. The number of hydrogen-bond acceptors (Lipinski definition) is 4. The van der Waals surface area contributed by atoms with Gasteiger partial charge in [-0.3, -0.25) is 0 Å². The van der Waals surface area contributed by atoms with Crippen LogP contribution >= 0.6 is 24.4 Å². The number of rotatable bonds is 12. The number of thiocarbonyl (C=S) groups is 2. The van der Waals surface area contributed by atoms with Crippen molar-refractivity contribution >= 4 is 34.8 Å². The first-order valence-corrected chi connectivity index (χ1v) is 10.1. The normalized spacial score (nSPS) is 12.2. The van der Waals surface area contributed by atoms with E-state index in [1.807, 2.05) is 4.90 Å². The molecule has 0 aromatic carbocycles. The molecule has 4 nitrogen and oxygen atoms in total. The molecule has 0 saturated carbocycles. The summed E-state index contributed by atoms with van der Waals surface area (Å²) in [7, 11) is 0. The van der Waals surface area contributed by atoms with Crippen LogP contribution in [0.2, 0.25) is 0 Å². The van der Waals surface area contributed by atoms with Crippen LogP contribution in [-0.4, -0.2) is 28.3 Å². The zero-order valence-electron chi connectivity index (χ0n) is 16.2. The van der Waals surface area contributed by atoms with Gasteiger partial charge in [0.2, 0.25) is 0 Å². The van der Waals surface area contributed by atoms with Crippen molar-refractivity contribution in [2.75, 3.05) is 13.1 Å². The van der Waals surface area contributed by atoms with E-state index in [2.05, 4.69) is 45.6 Å². The second-order valence-corrected chi connectivity index (χ2v) is 7.07. The van der Waals surface area contributed by atoms with Crippen molar-refractivity contribution in [1.82, 2.24) is 4.90 Å². The smallest absolute Gasteiger partial charge is 0.852 e. The van der Waals surface area contributed by atoms with Crippen molar-refractivity contribution in [3.8, 4) is 0 Å². The van der Waals surface area contributed by atoms with Gasteiger partial charge in [0.15, 0.2) is 0 Å². The molecule has 7 heteroatoms. The summed E-state index contributed by atoms with van der Waals surface area (Å²) in [5, 5.41) is 19.9. The molecular weight excluding hydrogens is 404 g/mol. The Hall–Kier alpha value is -0.101. The number of hydrogen-bond donors (Lipinski definition) is 1. The number of nitrogens with zero attached hydrogens (tertiary/aromatic N) is 1. The Balaban J connectivity index is -0.000000867. The van der Waals surface area contributed by atoms with E-state index >= 15 is 0 Å². The van der Waals surface area contributed by atoms with Gasteiger partial charge in [0.25, 0.3) is 0 Å². The summed E-state index contributed by atoms with van der Waals surface area (Å²) in [5.41, 5.74) is 4.29. The molecule has 0 heterocycles. The molecule has 0 aromatic rings. The summed E-state index contributed by atoms with van der Waals surface area (Å²) in [4.78, 5) is 1.93. The average molecular weight is 440 g/mol.